The molecule has 0 N–H and O–H groups in total. The van der Waals surface area contributed by atoms with Crippen molar-refractivity contribution in [2.75, 3.05) is 17.3 Å². The lowest BCUT2D eigenvalue weighted by molar-refractivity contribution is -0.151. The van der Waals surface area contributed by atoms with E-state index in [0.29, 0.717) is 17.4 Å². The van der Waals surface area contributed by atoms with Gasteiger partial charge in [0.1, 0.15) is 11.4 Å². The molecule has 0 saturated carbocycles. The van der Waals surface area contributed by atoms with E-state index in [2.05, 4.69) is 10.2 Å². The van der Waals surface area contributed by atoms with Crippen LogP contribution in [0, 0.1) is 0 Å². The van der Waals surface area contributed by atoms with Gasteiger partial charge in [-0.15, -0.1) is 10.2 Å². The third-order valence-corrected chi connectivity index (χ3v) is 5.97. The first-order valence-electron chi connectivity index (χ1n) is 7.02. The molecule has 0 amide bonds. The van der Waals surface area contributed by atoms with Crippen LogP contribution in [0.2, 0.25) is 0 Å². The highest BCUT2D eigenvalue weighted by Crippen LogP contribution is 2.29. The minimum absolute atomic E-state index is 0.113. The summed E-state index contributed by atoms with van der Waals surface area (Å²) in [7, 11) is -1.17. The van der Waals surface area contributed by atoms with E-state index in [1.54, 1.807) is 11.6 Å². The van der Waals surface area contributed by atoms with E-state index in [4.69, 9.17) is 4.74 Å². The molecule has 2 rings (SSSR count). The Hall–Kier alpha value is -1.09. The quantitative estimate of drug-likeness (QED) is 0.596. The van der Waals surface area contributed by atoms with Crippen LogP contribution in [0.25, 0.3) is 0 Å². The highest BCUT2D eigenvalue weighted by Gasteiger charge is 2.32. The first kappa shape index (κ1) is 17.3. The molecule has 1 aromatic heterocycles. The standard InChI is InChI=1S/C13H21N3O4S2/c1-13(2,3)20-10(17)7-21-12-15-14-11(16(12)4)9-5-6-22(18,19)8-9/h9H,5-8H2,1-4H3. The monoisotopic (exact) mass is 347 g/mol. The zero-order valence-electron chi connectivity index (χ0n) is 13.2. The number of hydrogen-bond donors (Lipinski definition) is 0. The zero-order valence-corrected chi connectivity index (χ0v) is 14.8. The van der Waals surface area contributed by atoms with Crippen molar-refractivity contribution in [3.63, 3.8) is 0 Å². The molecular formula is C13H21N3O4S2. The number of rotatable bonds is 4. The average Bonchev–Trinajstić information content (AvgIpc) is 2.88. The van der Waals surface area contributed by atoms with Crippen LogP contribution in [0.15, 0.2) is 5.16 Å². The lowest BCUT2D eigenvalue weighted by Crippen LogP contribution is -2.25. The summed E-state index contributed by atoms with van der Waals surface area (Å²) in [4.78, 5) is 11.7. The summed E-state index contributed by atoms with van der Waals surface area (Å²) < 4.78 is 30.1. The van der Waals surface area contributed by atoms with Gasteiger partial charge in [-0.2, -0.15) is 0 Å². The Kier molecular flexibility index (Phi) is 4.86. The summed E-state index contributed by atoms with van der Waals surface area (Å²) in [6.45, 7) is 5.45. The van der Waals surface area contributed by atoms with Crippen molar-refractivity contribution in [3.8, 4) is 0 Å². The highest BCUT2D eigenvalue weighted by molar-refractivity contribution is 7.99. The van der Waals surface area contributed by atoms with Crippen molar-refractivity contribution in [3.05, 3.63) is 5.82 Å². The Balaban J connectivity index is 1.98. The van der Waals surface area contributed by atoms with Crippen molar-refractivity contribution in [2.45, 2.75) is 43.9 Å². The van der Waals surface area contributed by atoms with Crippen LogP contribution in [0.4, 0.5) is 0 Å². The Bertz CT molecular complexity index is 661. The van der Waals surface area contributed by atoms with E-state index >= 15 is 0 Å². The van der Waals surface area contributed by atoms with Crippen LogP contribution in [0.5, 0.6) is 0 Å². The molecule has 22 heavy (non-hydrogen) atoms. The average molecular weight is 347 g/mol. The minimum Gasteiger partial charge on any atom is -0.459 e. The molecule has 124 valence electrons. The molecule has 1 saturated heterocycles. The molecule has 9 heteroatoms. The van der Waals surface area contributed by atoms with Gasteiger partial charge in [0.2, 0.25) is 0 Å². The normalized spacial score (nSPS) is 21.0. The summed E-state index contributed by atoms with van der Waals surface area (Å²) in [5.74, 6) is 0.698. The number of carbonyl (C=O) groups is 1. The maximum absolute atomic E-state index is 11.7. The topological polar surface area (TPSA) is 91.2 Å². The molecule has 0 radical (unpaired) electrons. The molecule has 1 aliphatic rings. The zero-order chi connectivity index (χ0) is 16.5. The van der Waals surface area contributed by atoms with Crippen molar-refractivity contribution in [2.24, 2.45) is 7.05 Å². The fourth-order valence-corrected chi connectivity index (χ4v) is 4.73. The van der Waals surface area contributed by atoms with Crippen molar-refractivity contribution in [1.29, 1.82) is 0 Å². The smallest absolute Gasteiger partial charge is 0.316 e. The van der Waals surface area contributed by atoms with Crippen molar-refractivity contribution >= 4 is 27.6 Å². The van der Waals surface area contributed by atoms with Crippen LogP contribution >= 0.6 is 11.8 Å². The number of esters is 1. The molecular weight excluding hydrogens is 326 g/mol. The van der Waals surface area contributed by atoms with Gasteiger partial charge in [0, 0.05) is 13.0 Å². The molecule has 1 aromatic rings. The van der Waals surface area contributed by atoms with Gasteiger partial charge < -0.3 is 9.30 Å². The maximum Gasteiger partial charge on any atom is 0.316 e. The molecule has 0 aromatic carbocycles. The lowest BCUT2D eigenvalue weighted by Gasteiger charge is -2.19. The predicted octanol–water partition coefficient (Wildman–Crippen LogP) is 1.15. The second kappa shape index (κ2) is 6.19. The third kappa shape index (κ3) is 4.45. The third-order valence-electron chi connectivity index (χ3n) is 3.21. The lowest BCUT2D eigenvalue weighted by atomic mass is 10.1. The van der Waals surface area contributed by atoms with Gasteiger partial charge in [-0.1, -0.05) is 11.8 Å². The van der Waals surface area contributed by atoms with Gasteiger partial charge >= 0.3 is 5.97 Å². The van der Waals surface area contributed by atoms with Gasteiger partial charge in [0.05, 0.1) is 17.3 Å². The molecule has 1 fully saturated rings. The Morgan fingerprint density at radius 2 is 2.09 bits per heavy atom. The summed E-state index contributed by atoms with van der Waals surface area (Å²) in [5.41, 5.74) is -0.513. The van der Waals surface area contributed by atoms with E-state index in [-0.39, 0.29) is 29.1 Å². The van der Waals surface area contributed by atoms with E-state index in [1.807, 2.05) is 20.8 Å². The first-order chi connectivity index (χ1) is 10.1. The molecule has 0 spiro atoms. The van der Waals surface area contributed by atoms with E-state index in [1.165, 1.54) is 11.8 Å². The van der Waals surface area contributed by atoms with Crippen molar-refractivity contribution in [1.82, 2.24) is 14.8 Å². The second-order valence-corrected chi connectivity index (χ2v) is 9.55. The summed E-state index contributed by atoms with van der Waals surface area (Å²) in [6.07, 6.45) is 0.574. The fraction of sp³-hybridized carbons (Fsp3) is 0.769. The van der Waals surface area contributed by atoms with Gasteiger partial charge in [-0.05, 0) is 27.2 Å². The van der Waals surface area contributed by atoms with Crippen LogP contribution in [-0.4, -0.2) is 52.0 Å². The van der Waals surface area contributed by atoms with Crippen LogP contribution < -0.4 is 0 Å². The second-order valence-electron chi connectivity index (χ2n) is 6.37. The maximum atomic E-state index is 11.7. The molecule has 1 unspecified atom stereocenters. The molecule has 1 atom stereocenters. The Morgan fingerprint density at radius 1 is 1.41 bits per heavy atom. The fourth-order valence-electron chi connectivity index (χ4n) is 2.30. The van der Waals surface area contributed by atoms with Gasteiger partial charge in [0.15, 0.2) is 15.0 Å². The van der Waals surface area contributed by atoms with Crippen LogP contribution in [0.1, 0.15) is 38.9 Å². The van der Waals surface area contributed by atoms with E-state index in [9.17, 15) is 13.2 Å². The number of ether oxygens (including phenoxy) is 1. The van der Waals surface area contributed by atoms with E-state index in [0.717, 1.165) is 0 Å². The molecule has 0 aliphatic carbocycles. The SMILES string of the molecule is Cn1c(SCC(=O)OC(C)(C)C)nnc1C1CCS(=O)(=O)C1. The summed E-state index contributed by atoms with van der Waals surface area (Å²) >= 11 is 1.24. The highest BCUT2D eigenvalue weighted by atomic mass is 32.2. The van der Waals surface area contributed by atoms with E-state index < -0.39 is 15.4 Å². The summed E-state index contributed by atoms with van der Waals surface area (Å²) in [6, 6.07) is 0. The van der Waals surface area contributed by atoms with Crippen LogP contribution in [0.3, 0.4) is 0 Å². The number of aromatic nitrogens is 3. The van der Waals surface area contributed by atoms with Gasteiger partial charge in [0.25, 0.3) is 0 Å². The number of carbonyl (C=O) groups excluding carboxylic acids is 1. The Morgan fingerprint density at radius 3 is 2.64 bits per heavy atom. The van der Waals surface area contributed by atoms with Gasteiger partial charge in [-0.3, -0.25) is 4.79 Å². The molecule has 0 bridgehead atoms. The number of sulfone groups is 1. The molecule has 7 nitrogen and oxygen atoms in total. The minimum atomic E-state index is -2.96. The molecule has 2 heterocycles. The largest absolute Gasteiger partial charge is 0.459 e. The number of nitrogens with zero attached hydrogens (tertiary/aromatic N) is 3. The van der Waals surface area contributed by atoms with Crippen molar-refractivity contribution < 1.29 is 17.9 Å². The number of thioether (sulfide) groups is 1. The predicted molar refractivity (Wildman–Crippen MR) is 83.6 cm³/mol. The van der Waals surface area contributed by atoms with Crippen LogP contribution in [-0.2, 0) is 26.4 Å². The van der Waals surface area contributed by atoms with Gasteiger partial charge in [-0.25, -0.2) is 8.42 Å². The summed E-state index contributed by atoms with van der Waals surface area (Å²) in [5, 5.41) is 8.73. The first-order valence-corrected chi connectivity index (χ1v) is 9.82. The molecule has 1 aliphatic heterocycles. The number of hydrogen-bond acceptors (Lipinski definition) is 7. The Labute approximate surface area is 134 Å².